The van der Waals surface area contributed by atoms with Crippen molar-refractivity contribution in [3.8, 4) is 0 Å². The van der Waals surface area contributed by atoms with Gasteiger partial charge in [0.15, 0.2) is 50.3 Å². The van der Waals surface area contributed by atoms with Gasteiger partial charge >= 0.3 is 0 Å². The minimum atomic E-state index is -2.67. The van der Waals surface area contributed by atoms with E-state index in [9.17, 15) is 151 Å². The Morgan fingerprint density at radius 1 is 0.288 bits per heavy atom. The normalized spacial score (nSPS) is 44.1. The Kier molecular flexibility index (Phi) is 37.0. The van der Waals surface area contributed by atoms with Crippen molar-refractivity contribution in [2.24, 2.45) is 0 Å². The smallest absolute Gasteiger partial charge is 0.217 e. The lowest BCUT2D eigenvalue weighted by Crippen LogP contribution is -2.71. The number of carbonyl (C=O) groups is 6. The van der Waals surface area contributed by atoms with Gasteiger partial charge in [0.2, 0.25) is 35.4 Å². The highest BCUT2D eigenvalue weighted by Gasteiger charge is 2.61. The van der Waals surface area contributed by atoms with Crippen molar-refractivity contribution in [3.63, 3.8) is 0 Å². The molecule has 0 aromatic rings. The fraction of sp³-hybridized carbons (Fsp3) is 0.909. The van der Waals surface area contributed by atoms with Crippen molar-refractivity contribution in [2.45, 2.75) is 311 Å². The predicted octanol–water partition coefficient (Wildman–Crippen LogP) is -20.1. The van der Waals surface area contributed by atoms with Crippen molar-refractivity contribution in [1.82, 2.24) is 31.9 Å². The third kappa shape index (κ3) is 23.2. The first-order valence-corrected chi connectivity index (χ1v) is 37.5. The van der Waals surface area contributed by atoms with E-state index < -0.39 is 371 Å². The average Bonchev–Trinajstić information content (AvgIpc) is 0.762. The Bertz CT molecular complexity index is 3180. The lowest BCUT2D eigenvalue weighted by atomic mass is 9.94. The molecule has 8 rings (SSSR count). The van der Waals surface area contributed by atoms with Crippen LogP contribution in [0.3, 0.4) is 0 Å². The zero-order valence-corrected chi connectivity index (χ0v) is 64.2. The fourth-order valence-corrected chi connectivity index (χ4v) is 14.8. The number of hydrogen-bond acceptors (Lipinski definition) is 46. The van der Waals surface area contributed by atoms with E-state index in [-0.39, 0.29) is 0 Å². The second kappa shape index (κ2) is 44.2. The number of ether oxygens (including phenoxy) is 16. The number of amides is 6. The van der Waals surface area contributed by atoms with Crippen LogP contribution < -0.4 is 31.9 Å². The molecule has 0 aliphatic carbocycles. The van der Waals surface area contributed by atoms with E-state index in [1.807, 2.05) is 0 Å². The van der Waals surface area contributed by atoms with Crippen molar-refractivity contribution in [3.05, 3.63) is 0 Å². The summed E-state index contributed by atoms with van der Waals surface area (Å²) in [7, 11) is 0. The molecule has 682 valence electrons. The molecule has 8 aliphatic heterocycles. The quantitative estimate of drug-likeness (QED) is 0.0280. The third-order valence-electron chi connectivity index (χ3n) is 20.8. The summed E-state index contributed by atoms with van der Waals surface area (Å²) >= 11 is 0. The topological polar surface area (TPSA) is 808 Å². The van der Waals surface area contributed by atoms with Crippen LogP contribution in [0.4, 0.5) is 0 Å². The molecule has 6 amide bonds. The second-order valence-electron chi connectivity index (χ2n) is 29.4. The minimum Gasteiger partial charge on any atom is -0.394 e. The molecule has 0 aromatic heterocycles. The van der Waals surface area contributed by atoms with Gasteiger partial charge in [-0.1, -0.05) is 0 Å². The van der Waals surface area contributed by atoms with E-state index in [1.165, 1.54) is 0 Å². The van der Waals surface area contributed by atoms with E-state index in [2.05, 4.69) is 31.9 Å². The van der Waals surface area contributed by atoms with E-state index in [0.29, 0.717) is 0 Å². The van der Waals surface area contributed by atoms with Crippen LogP contribution in [-0.4, -0.2) is 494 Å². The molecule has 0 aromatic carbocycles. The van der Waals surface area contributed by atoms with Crippen LogP contribution in [0.25, 0.3) is 0 Å². The molecule has 8 heterocycles. The molecule has 8 fully saturated rings. The lowest BCUT2D eigenvalue weighted by molar-refractivity contribution is -0.402. The molecular weight excluding hydrogens is 1610 g/mol. The highest BCUT2D eigenvalue weighted by Crippen LogP contribution is 2.40. The molecule has 8 aliphatic rings. The van der Waals surface area contributed by atoms with Gasteiger partial charge in [-0.15, -0.1) is 0 Å². The van der Waals surface area contributed by atoms with Gasteiger partial charge in [-0.2, -0.15) is 0 Å². The van der Waals surface area contributed by atoms with Crippen molar-refractivity contribution in [2.75, 3.05) is 66.1 Å². The molecule has 118 heavy (non-hydrogen) atoms. The molecule has 0 unspecified atom stereocenters. The van der Waals surface area contributed by atoms with Crippen LogP contribution in [-0.2, 0) is 105 Å². The number of nitrogens with one attached hydrogen (secondary N) is 6. The molecule has 30 N–H and O–H groups in total. The second-order valence-corrected chi connectivity index (χ2v) is 29.4. The SMILES string of the molecule is CC(=O)N[C@H]1[C@H](O[C@@H]([C@H](O)[C@H](CO)NC(C)=O)[C@H](O)CO)O[C@H](CO)[C@@H](O[C@@H]2O[C@H](CO[C@H]3O[C@H](CO[C@@H]4O[C@H](CO)[C@@H](O)[C@H](O)[C@H]4NC(C)=O)[C@@H](O)[C@H](O)[C@@H]3O[C@@H]3O[C@H](CO)[C@@H](O)[C@H](O)[C@H]3NC(C)=O)[C@@H](O)[C@H](O[C@H]3O[C@H](CO)[C@@H](O[C@@H]4O[C@H](CO)[C@@H](O)[C@H](O)[C@H]4NC(C)=O)[C@H](O)[C@@H]3O[C@@H]3O[C@H](CO)[C@@H](O)[C@H](O)[C@H]3NC(C)=O)[C@@H]2O)[C@@H]1O. The van der Waals surface area contributed by atoms with Crippen LogP contribution in [0.2, 0.25) is 0 Å². The standard InChI is InChI=1S/C66H112N6O46/c1-17(81)67-23(7-73)38(88)53(24(87)8-74)113-63-37(72-22(6)86)49(99)54(29(13-79)109-63)115-64-52(102)56(116-66-58(118-62-36(71-21(5)85)48(98)42(92)28(12-78)108-62)51(101)55(30(14-80)110-66)114-60-34(69-19(3)83)46(96)40(90)26(10-76)106-60)44(94)32(111-64)16-104-65-57(117-61-35(70-20(4)84)47(97)41(91)27(11-77)107-61)50(100)43(93)31(112-65)15-103-59-33(68-18(2)82)45(95)39(89)25(9-75)105-59/h23-66,73-80,87-102H,7-16H2,1-6H3,(H,67,81)(H,68,82)(H,69,83)(H,70,84)(H,71,85)(H,72,86)/t23-,24+,25+,26+,27+,28+,29+,30+,31+,32+,33+,34+,35+,36+,37+,38+,39+,40+,41+,42+,43+,44+,45+,46+,47+,48+,49+,50-,51-,52-,53+,54+,55+,56-,57-,58-,59+,60-,61-,62-,63-,64-,65-,66+/m0/s1. The Hall–Kier alpha value is -4.78. The van der Waals surface area contributed by atoms with Crippen LogP contribution >= 0.6 is 0 Å². The third-order valence-corrected chi connectivity index (χ3v) is 20.8. The molecule has 0 bridgehead atoms. The zero-order valence-electron chi connectivity index (χ0n) is 64.2. The van der Waals surface area contributed by atoms with E-state index >= 15 is 0 Å². The lowest BCUT2D eigenvalue weighted by Gasteiger charge is -2.51. The Balaban J connectivity index is 1.24. The van der Waals surface area contributed by atoms with Gasteiger partial charge in [0.1, 0.15) is 213 Å². The first-order valence-electron chi connectivity index (χ1n) is 37.5. The summed E-state index contributed by atoms with van der Waals surface area (Å²) in [5.41, 5.74) is 0. The van der Waals surface area contributed by atoms with Gasteiger partial charge in [0, 0.05) is 41.5 Å². The maximum absolute atomic E-state index is 13.1. The van der Waals surface area contributed by atoms with Gasteiger partial charge in [-0.3, -0.25) is 28.8 Å². The average molecular weight is 1730 g/mol. The summed E-state index contributed by atoms with van der Waals surface area (Å²) in [6.07, 6.45) is -81.8. The highest BCUT2D eigenvalue weighted by molar-refractivity contribution is 5.75. The summed E-state index contributed by atoms with van der Waals surface area (Å²) in [5, 5.41) is 284. The fourth-order valence-electron chi connectivity index (χ4n) is 14.8. The van der Waals surface area contributed by atoms with Crippen molar-refractivity contribution < 1.29 is 227 Å². The summed E-state index contributed by atoms with van der Waals surface area (Å²) in [5.74, 6) is -5.38. The maximum Gasteiger partial charge on any atom is 0.217 e. The number of rotatable bonds is 35. The summed E-state index contributed by atoms with van der Waals surface area (Å²) in [6, 6.07) is -10.9. The molecule has 0 saturated carbocycles. The van der Waals surface area contributed by atoms with Crippen LogP contribution in [0.15, 0.2) is 0 Å². The molecule has 44 atom stereocenters. The molecule has 8 saturated heterocycles. The van der Waals surface area contributed by atoms with Gasteiger partial charge in [0.25, 0.3) is 0 Å². The zero-order chi connectivity index (χ0) is 87.5. The van der Waals surface area contributed by atoms with E-state index in [1.54, 1.807) is 0 Å². The van der Waals surface area contributed by atoms with E-state index in [0.717, 1.165) is 41.5 Å². The summed E-state index contributed by atoms with van der Waals surface area (Å²) < 4.78 is 96.9. The summed E-state index contributed by atoms with van der Waals surface area (Å²) in [4.78, 5) is 75.7. The Labute approximate surface area is 670 Å². The molecule has 52 heteroatoms. The van der Waals surface area contributed by atoms with Crippen molar-refractivity contribution >= 4 is 35.4 Å². The van der Waals surface area contributed by atoms with Gasteiger partial charge in [-0.25, -0.2) is 0 Å². The maximum atomic E-state index is 13.1. The number of carbonyl (C=O) groups excluding carboxylic acids is 6. The molecular formula is C66H112N6O46. The van der Waals surface area contributed by atoms with Gasteiger partial charge in [-0.05, 0) is 0 Å². The number of aliphatic hydroxyl groups excluding tert-OH is 24. The first kappa shape index (κ1) is 98.7. The Morgan fingerprint density at radius 3 is 0.983 bits per heavy atom. The number of hydrogen-bond donors (Lipinski definition) is 30. The van der Waals surface area contributed by atoms with Gasteiger partial charge < -0.3 is 230 Å². The van der Waals surface area contributed by atoms with E-state index in [4.69, 9.17) is 75.8 Å². The predicted molar refractivity (Wildman–Crippen MR) is 369 cm³/mol. The molecule has 0 spiro atoms. The monoisotopic (exact) mass is 1720 g/mol. The minimum absolute atomic E-state index is 0.815. The summed E-state index contributed by atoms with van der Waals surface area (Å²) in [6.45, 7) is -5.51. The van der Waals surface area contributed by atoms with Crippen LogP contribution in [0, 0.1) is 0 Å². The number of aliphatic hydroxyl groups is 24. The highest BCUT2D eigenvalue weighted by atomic mass is 16.8. The first-order chi connectivity index (χ1) is 55.7. The van der Waals surface area contributed by atoms with Crippen LogP contribution in [0.5, 0.6) is 0 Å². The van der Waals surface area contributed by atoms with Crippen LogP contribution in [0.1, 0.15) is 41.5 Å². The van der Waals surface area contributed by atoms with Crippen molar-refractivity contribution in [1.29, 1.82) is 0 Å². The molecule has 52 nitrogen and oxygen atoms in total. The molecule has 0 radical (unpaired) electrons. The largest absolute Gasteiger partial charge is 0.394 e. The Morgan fingerprint density at radius 2 is 0.593 bits per heavy atom. The van der Waals surface area contributed by atoms with Gasteiger partial charge in [0.05, 0.1) is 72.1 Å².